The summed E-state index contributed by atoms with van der Waals surface area (Å²) in [5.74, 6) is 0. The van der Waals surface area contributed by atoms with Gasteiger partial charge >= 0.3 is 0 Å². The first-order chi connectivity index (χ1) is 7.65. The van der Waals surface area contributed by atoms with Crippen molar-refractivity contribution in [2.45, 2.75) is 19.8 Å². The molecular formula is C12H13ClN2S. The van der Waals surface area contributed by atoms with Crippen LogP contribution in [0.15, 0.2) is 18.2 Å². The zero-order valence-electron chi connectivity index (χ0n) is 9.09. The van der Waals surface area contributed by atoms with E-state index < -0.39 is 0 Å². The van der Waals surface area contributed by atoms with E-state index in [1.807, 2.05) is 18.2 Å². The number of halogens is 1. The summed E-state index contributed by atoms with van der Waals surface area (Å²) in [7, 11) is 0. The van der Waals surface area contributed by atoms with Gasteiger partial charge in [-0.3, -0.25) is 0 Å². The number of nitrogens with one attached hydrogen (secondary N) is 1. The normalized spacial score (nSPS) is 17.6. The van der Waals surface area contributed by atoms with Crippen molar-refractivity contribution in [3.05, 3.63) is 23.2 Å². The van der Waals surface area contributed by atoms with E-state index in [1.165, 1.54) is 17.5 Å². The third-order valence-corrected chi connectivity index (χ3v) is 4.35. The first kappa shape index (κ1) is 10.4. The largest absolute Gasteiger partial charge is 0.361 e. The number of thiazole rings is 1. The fourth-order valence-electron chi connectivity index (χ4n) is 1.66. The van der Waals surface area contributed by atoms with Gasteiger partial charge < -0.3 is 5.32 Å². The van der Waals surface area contributed by atoms with Crippen LogP contribution in [0.5, 0.6) is 0 Å². The molecule has 0 radical (unpaired) electrons. The number of nitrogens with zero attached hydrogens (tertiary/aromatic N) is 1. The highest BCUT2D eigenvalue weighted by molar-refractivity contribution is 7.22. The Balaban J connectivity index is 1.82. The molecule has 1 aromatic heterocycles. The minimum atomic E-state index is 0.509. The summed E-state index contributed by atoms with van der Waals surface area (Å²) in [5, 5.41) is 5.17. The van der Waals surface area contributed by atoms with Gasteiger partial charge in [0.05, 0.1) is 10.2 Å². The Bertz CT molecular complexity index is 531. The maximum atomic E-state index is 5.93. The van der Waals surface area contributed by atoms with Gasteiger partial charge in [-0.2, -0.15) is 0 Å². The summed E-state index contributed by atoms with van der Waals surface area (Å²) in [5.41, 5.74) is 1.50. The van der Waals surface area contributed by atoms with E-state index in [2.05, 4.69) is 17.2 Å². The lowest BCUT2D eigenvalue weighted by atomic mass is 10.1. The van der Waals surface area contributed by atoms with Gasteiger partial charge in [-0.25, -0.2) is 4.98 Å². The minimum absolute atomic E-state index is 0.509. The molecule has 2 nitrogen and oxygen atoms in total. The number of anilines is 1. The van der Waals surface area contributed by atoms with Gasteiger partial charge in [-0.05, 0) is 36.5 Å². The second-order valence-electron chi connectivity index (χ2n) is 4.80. The van der Waals surface area contributed by atoms with E-state index >= 15 is 0 Å². The van der Waals surface area contributed by atoms with E-state index in [0.717, 1.165) is 22.2 Å². The molecule has 0 saturated heterocycles. The second kappa shape index (κ2) is 3.60. The highest BCUT2D eigenvalue weighted by atomic mass is 35.5. The maximum absolute atomic E-state index is 5.93. The molecule has 1 N–H and O–H groups in total. The number of fused-ring (bicyclic) bond motifs is 1. The van der Waals surface area contributed by atoms with Crippen molar-refractivity contribution in [2.24, 2.45) is 5.41 Å². The van der Waals surface area contributed by atoms with Crippen LogP contribution in [0, 0.1) is 5.41 Å². The Morgan fingerprint density at radius 1 is 1.50 bits per heavy atom. The Morgan fingerprint density at radius 3 is 3.06 bits per heavy atom. The Hall–Kier alpha value is -0.800. The number of hydrogen-bond donors (Lipinski definition) is 1. The highest BCUT2D eigenvalue weighted by Gasteiger charge is 2.36. The molecule has 16 heavy (non-hydrogen) atoms. The predicted octanol–water partition coefficient (Wildman–Crippen LogP) is 4.16. The highest BCUT2D eigenvalue weighted by Crippen LogP contribution is 2.45. The van der Waals surface area contributed by atoms with Crippen LogP contribution in [0.25, 0.3) is 10.2 Å². The van der Waals surface area contributed by atoms with Crippen molar-refractivity contribution < 1.29 is 0 Å². The van der Waals surface area contributed by atoms with Crippen LogP contribution in [0.4, 0.5) is 5.13 Å². The summed E-state index contributed by atoms with van der Waals surface area (Å²) < 4.78 is 1.19. The molecule has 3 rings (SSSR count). The van der Waals surface area contributed by atoms with Crippen molar-refractivity contribution in [1.82, 2.24) is 4.98 Å². The monoisotopic (exact) mass is 252 g/mol. The molecule has 1 aliphatic rings. The topological polar surface area (TPSA) is 24.9 Å². The molecule has 0 amide bonds. The maximum Gasteiger partial charge on any atom is 0.183 e. The zero-order chi connectivity index (χ0) is 11.2. The molecule has 1 saturated carbocycles. The molecule has 1 fully saturated rings. The third-order valence-electron chi connectivity index (χ3n) is 3.12. The second-order valence-corrected chi connectivity index (χ2v) is 6.26. The van der Waals surface area contributed by atoms with Crippen LogP contribution < -0.4 is 5.32 Å². The van der Waals surface area contributed by atoms with Crippen molar-refractivity contribution in [3.63, 3.8) is 0 Å². The fraction of sp³-hybridized carbons (Fsp3) is 0.417. The average molecular weight is 253 g/mol. The Kier molecular flexibility index (Phi) is 2.33. The van der Waals surface area contributed by atoms with Gasteiger partial charge in [0.25, 0.3) is 0 Å². The standard InChI is InChI=1S/C12H13ClN2S/c1-12(4-5-12)7-14-11-15-9-6-8(13)2-3-10(9)16-11/h2-3,6H,4-5,7H2,1H3,(H,14,15). The summed E-state index contributed by atoms with van der Waals surface area (Å²) in [4.78, 5) is 4.53. The van der Waals surface area contributed by atoms with Crippen molar-refractivity contribution >= 4 is 38.3 Å². The number of rotatable bonds is 3. The lowest BCUT2D eigenvalue weighted by Crippen LogP contribution is -2.11. The predicted molar refractivity (Wildman–Crippen MR) is 70.5 cm³/mol. The van der Waals surface area contributed by atoms with E-state index in [9.17, 15) is 0 Å². The number of benzene rings is 1. The smallest absolute Gasteiger partial charge is 0.183 e. The van der Waals surface area contributed by atoms with Crippen LogP contribution in [-0.4, -0.2) is 11.5 Å². The minimum Gasteiger partial charge on any atom is -0.361 e. The Morgan fingerprint density at radius 2 is 2.31 bits per heavy atom. The van der Waals surface area contributed by atoms with E-state index in [1.54, 1.807) is 11.3 Å². The van der Waals surface area contributed by atoms with E-state index in [4.69, 9.17) is 11.6 Å². The van der Waals surface area contributed by atoms with Crippen LogP contribution in [0.1, 0.15) is 19.8 Å². The van der Waals surface area contributed by atoms with Gasteiger partial charge in [-0.1, -0.05) is 29.9 Å². The SMILES string of the molecule is CC1(CNc2nc3cc(Cl)ccc3s2)CC1. The molecule has 0 bridgehead atoms. The van der Waals surface area contributed by atoms with Crippen molar-refractivity contribution in [1.29, 1.82) is 0 Å². The number of hydrogen-bond acceptors (Lipinski definition) is 3. The molecule has 0 aliphatic heterocycles. The lowest BCUT2D eigenvalue weighted by molar-refractivity contribution is 0.610. The molecule has 1 aromatic carbocycles. The van der Waals surface area contributed by atoms with Gasteiger partial charge in [0.15, 0.2) is 5.13 Å². The summed E-state index contributed by atoms with van der Waals surface area (Å²) >= 11 is 7.63. The molecule has 4 heteroatoms. The van der Waals surface area contributed by atoms with E-state index in [-0.39, 0.29) is 0 Å². The molecule has 0 atom stereocenters. The first-order valence-electron chi connectivity index (χ1n) is 5.45. The first-order valence-corrected chi connectivity index (χ1v) is 6.64. The molecule has 0 spiro atoms. The molecule has 1 heterocycles. The van der Waals surface area contributed by atoms with Crippen LogP contribution in [-0.2, 0) is 0 Å². The Labute approximate surface area is 104 Å². The molecule has 1 aliphatic carbocycles. The number of aromatic nitrogens is 1. The lowest BCUT2D eigenvalue weighted by Gasteiger charge is -2.07. The van der Waals surface area contributed by atoms with Crippen molar-refractivity contribution in [2.75, 3.05) is 11.9 Å². The summed E-state index contributed by atoms with van der Waals surface area (Å²) in [6, 6.07) is 5.85. The van der Waals surface area contributed by atoms with Crippen molar-refractivity contribution in [3.8, 4) is 0 Å². The van der Waals surface area contributed by atoms with E-state index in [0.29, 0.717) is 5.41 Å². The van der Waals surface area contributed by atoms with Crippen LogP contribution in [0.2, 0.25) is 5.02 Å². The molecule has 0 unspecified atom stereocenters. The molecule has 84 valence electrons. The van der Waals surface area contributed by atoms with Gasteiger partial charge in [-0.15, -0.1) is 0 Å². The van der Waals surface area contributed by atoms with Crippen LogP contribution >= 0.6 is 22.9 Å². The summed E-state index contributed by atoms with van der Waals surface area (Å²) in [6.45, 7) is 3.34. The summed E-state index contributed by atoms with van der Waals surface area (Å²) in [6.07, 6.45) is 2.66. The van der Waals surface area contributed by atoms with Gasteiger partial charge in [0.2, 0.25) is 0 Å². The third kappa shape index (κ3) is 2.02. The zero-order valence-corrected chi connectivity index (χ0v) is 10.7. The van der Waals surface area contributed by atoms with Gasteiger partial charge in [0.1, 0.15) is 0 Å². The fourth-order valence-corrected chi connectivity index (χ4v) is 2.66. The van der Waals surface area contributed by atoms with Crippen LogP contribution in [0.3, 0.4) is 0 Å². The molecule has 2 aromatic rings. The van der Waals surface area contributed by atoms with Gasteiger partial charge in [0, 0.05) is 11.6 Å². The molecular weight excluding hydrogens is 240 g/mol. The quantitative estimate of drug-likeness (QED) is 0.887. The average Bonchev–Trinajstić information content (AvgIpc) is 2.85.